The fourth-order valence-electron chi connectivity index (χ4n) is 3.28. The topological polar surface area (TPSA) is 55.6 Å². The van der Waals surface area contributed by atoms with Gasteiger partial charge in [-0.1, -0.05) is 0 Å². The van der Waals surface area contributed by atoms with E-state index in [1.165, 1.54) is 12.8 Å². The van der Waals surface area contributed by atoms with E-state index in [1.54, 1.807) is 0 Å². The fourth-order valence-corrected chi connectivity index (χ4v) is 3.28. The average Bonchev–Trinajstić information content (AvgIpc) is 2.92. The summed E-state index contributed by atoms with van der Waals surface area (Å²) in [5.74, 6) is 0.327. The van der Waals surface area contributed by atoms with Crippen molar-refractivity contribution < 1.29 is 9.53 Å². The fraction of sp³-hybridized carbons (Fsp3) is 0.933. The number of nitrogens with zero attached hydrogens (tertiary/aromatic N) is 1. The summed E-state index contributed by atoms with van der Waals surface area (Å²) in [5, 5.41) is 0. The molecule has 2 fully saturated rings. The van der Waals surface area contributed by atoms with Gasteiger partial charge in [0.15, 0.2) is 0 Å². The minimum atomic E-state index is 0.322. The lowest BCUT2D eigenvalue weighted by Crippen LogP contribution is -2.36. The number of hydrogen-bond acceptors (Lipinski definition) is 3. The molecule has 0 radical (unpaired) electrons. The summed E-state index contributed by atoms with van der Waals surface area (Å²) in [6.07, 6.45) is 9.85. The van der Waals surface area contributed by atoms with Crippen molar-refractivity contribution in [3.8, 4) is 0 Å². The first-order valence-corrected chi connectivity index (χ1v) is 7.92. The maximum Gasteiger partial charge on any atom is 0.222 e. The number of ether oxygens (including phenoxy) is 1. The molecule has 2 saturated heterocycles. The van der Waals surface area contributed by atoms with Crippen molar-refractivity contribution in [3.63, 3.8) is 0 Å². The second kappa shape index (κ2) is 7.85. The van der Waals surface area contributed by atoms with Gasteiger partial charge in [0.25, 0.3) is 0 Å². The molecular formula is C15H28N2O2. The van der Waals surface area contributed by atoms with E-state index in [0.717, 1.165) is 58.2 Å². The Kier molecular flexibility index (Phi) is 6.11. The van der Waals surface area contributed by atoms with E-state index in [9.17, 15) is 4.79 Å². The summed E-state index contributed by atoms with van der Waals surface area (Å²) < 4.78 is 5.70. The van der Waals surface area contributed by atoms with Gasteiger partial charge in [-0.25, -0.2) is 0 Å². The molecule has 0 saturated carbocycles. The van der Waals surface area contributed by atoms with Crippen molar-refractivity contribution in [2.24, 2.45) is 5.73 Å². The zero-order valence-electron chi connectivity index (χ0n) is 12.0. The Hall–Kier alpha value is -0.610. The second-order valence-corrected chi connectivity index (χ2v) is 5.84. The predicted octanol–water partition coefficient (Wildman–Crippen LogP) is 2.07. The molecule has 19 heavy (non-hydrogen) atoms. The van der Waals surface area contributed by atoms with Crippen LogP contribution in [0, 0.1) is 0 Å². The maximum absolute atomic E-state index is 12.3. The third-order valence-electron chi connectivity index (χ3n) is 4.39. The van der Waals surface area contributed by atoms with Crippen LogP contribution in [-0.2, 0) is 9.53 Å². The van der Waals surface area contributed by atoms with Crippen LogP contribution < -0.4 is 5.73 Å². The van der Waals surface area contributed by atoms with Crippen LogP contribution in [0.4, 0.5) is 0 Å². The van der Waals surface area contributed by atoms with Crippen molar-refractivity contribution in [3.05, 3.63) is 0 Å². The highest BCUT2D eigenvalue weighted by Crippen LogP contribution is 2.24. The number of carbonyl (C=O) groups is 1. The first-order chi connectivity index (χ1) is 9.31. The lowest BCUT2D eigenvalue weighted by Gasteiger charge is -2.27. The number of rotatable bonds is 6. The number of hydrogen-bond donors (Lipinski definition) is 1. The molecule has 0 aromatic rings. The highest BCUT2D eigenvalue weighted by atomic mass is 16.5. The van der Waals surface area contributed by atoms with Crippen molar-refractivity contribution in [2.45, 2.75) is 69.9 Å². The van der Waals surface area contributed by atoms with Crippen LogP contribution in [0.5, 0.6) is 0 Å². The summed E-state index contributed by atoms with van der Waals surface area (Å²) in [6, 6.07) is 0.448. The Bertz CT molecular complexity index is 277. The zero-order valence-corrected chi connectivity index (χ0v) is 12.0. The van der Waals surface area contributed by atoms with Crippen molar-refractivity contribution >= 4 is 5.91 Å². The Morgan fingerprint density at radius 3 is 2.84 bits per heavy atom. The molecule has 2 rings (SSSR count). The highest BCUT2D eigenvalue weighted by molar-refractivity contribution is 5.76. The Balaban J connectivity index is 1.71. The van der Waals surface area contributed by atoms with Crippen LogP contribution in [0.1, 0.15) is 57.8 Å². The first kappa shape index (κ1) is 14.8. The Labute approximate surface area is 116 Å². The van der Waals surface area contributed by atoms with E-state index in [2.05, 4.69) is 4.90 Å². The largest absolute Gasteiger partial charge is 0.378 e. The van der Waals surface area contributed by atoms with Crippen molar-refractivity contribution in [2.75, 3.05) is 19.7 Å². The minimum Gasteiger partial charge on any atom is -0.378 e. The molecule has 1 amide bonds. The normalized spacial score (nSPS) is 27.7. The van der Waals surface area contributed by atoms with E-state index in [4.69, 9.17) is 10.5 Å². The van der Waals surface area contributed by atoms with Gasteiger partial charge in [0.2, 0.25) is 5.91 Å². The van der Waals surface area contributed by atoms with Gasteiger partial charge < -0.3 is 15.4 Å². The number of nitrogens with two attached hydrogens (primary N) is 1. The van der Waals surface area contributed by atoms with Crippen molar-refractivity contribution in [1.29, 1.82) is 0 Å². The van der Waals surface area contributed by atoms with Crippen LogP contribution in [0.2, 0.25) is 0 Å². The van der Waals surface area contributed by atoms with E-state index >= 15 is 0 Å². The first-order valence-electron chi connectivity index (χ1n) is 7.92. The van der Waals surface area contributed by atoms with Gasteiger partial charge in [-0.3, -0.25) is 4.79 Å². The van der Waals surface area contributed by atoms with Crippen molar-refractivity contribution in [1.82, 2.24) is 4.90 Å². The highest BCUT2D eigenvalue weighted by Gasteiger charge is 2.28. The van der Waals surface area contributed by atoms with Gasteiger partial charge in [0.05, 0.1) is 6.10 Å². The van der Waals surface area contributed by atoms with Crippen LogP contribution in [-0.4, -0.2) is 42.6 Å². The molecular weight excluding hydrogens is 240 g/mol. The molecule has 0 aromatic carbocycles. The van der Waals surface area contributed by atoms with E-state index in [0.29, 0.717) is 24.5 Å². The van der Waals surface area contributed by atoms with E-state index < -0.39 is 0 Å². The van der Waals surface area contributed by atoms with Gasteiger partial charge in [0.1, 0.15) is 0 Å². The summed E-state index contributed by atoms with van der Waals surface area (Å²) in [5.41, 5.74) is 5.56. The van der Waals surface area contributed by atoms with Crippen LogP contribution in [0.25, 0.3) is 0 Å². The molecule has 4 heteroatoms. The third kappa shape index (κ3) is 4.46. The number of carbonyl (C=O) groups excluding carboxylic acids is 1. The van der Waals surface area contributed by atoms with E-state index in [1.807, 2.05) is 0 Å². The van der Waals surface area contributed by atoms with Gasteiger partial charge in [0, 0.05) is 25.6 Å². The smallest absolute Gasteiger partial charge is 0.222 e. The minimum absolute atomic E-state index is 0.322. The Morgan fingerprint density at radius 2 is 2.11 bits per heavy atom. The zero-order chi connectivity index (χ0) is 13.5. The summed E-state index contributed by atoms with van der Waals surface area (Å²) in [7, 11) is 0. The molecule has 2 aliphatic heterocycles. The lowest BCUT2D eigenvalue weighted by molar-refractivity contribution is -0.133. The monoisotopic (exact) mass is 268 g/mol. The van der Waals surface area contributed by atoms with Gasteiger partial charge >= 0.3 is 0 Å². The van der Waals surface area contributed by atoms with Gasteiger partial charge in [-0.15, -0.1) is 0 Å². The molecule has 110 valence electrons. The maximum atomic E-state index is 12.3. The van der Waals surface area contributed by atoms with Crippen LogP contribution in [0.15, 0.2) is 0 Å². The second-order valence-electron chi connectivity index (χ2n) is 5.84. The molecule has 0 spiro atoms. The SMILES string of the molecule is NCCCC1CCCN1C(=O)CCC1CCCCO1. The molecule has 4 nitrogen and oxygen atoms in total. The van der Waals surface area contributed by atoms with Gasteiger partial charge in [-0.2, -0.15) is 0 Å². The number of likely N-dealkylation sites (tertiary alicyclic amines) is 1. The Morgan fingerprint density at radius 1 is 1.21 bits per heavy atom. The van der Waals surface area contributed by atoms with Gasteiger partial charge in [-0.05, 0) is 57.9 Å². The molecule has 0 bridgehead atoms. The predicted molar refractivity (Wildman–Crippen MR) is 75.8 cm³/mol. The van der Waals surface area contributed by atoms with Crippen LogP contribution in [0.3, 0.4) is 0 Å². The quantitative estimate of drug-likeness (QED) is 0.802. The lowest BCUT2D eigenvalue weighted by atomic mass is 10.0. The molecule has 2 aliphatic rings. The molecule has 2 N–H and O–H groups in total. The number of amides is 1. The molecule has 2 unspecified atom stereocenters. The average molecular weight is 268 g/mol. The molecule has 0 aromatic heterocycles. The van der Waals surface area contributed by atoms with E-state index in [-0.39, 0.29) is 0 Å². The molecule has 2 atom stereocenters. The molecule has 0 aliphatic carbocycles. The summed E-state index contributed by atoms with van der Waals surface area (Å²) in [6.45, 7) is 2.55. The third-order valence-corrected chi connectivity index (χ3v) is 4.39. The molecule has 2 heterocycles. The van der Waals surface area contributed by atoms with Crippen LogP contribution >= 0.6 is 0 Å². The standard InChI is InChI=1S/C15H28N2O2/c16-10-3-5-13-6-4-11-17(13)15(18)9-8-14-7-1-2-12-19-14/h13-14H,1-12,16H2. The summed E-state index contributed by atoms with van der Waals surface area (Å²) >= 11 is 0. The summed E-state index contributed by atoms with van der Waals surface area (Å²) in [4.78, 5) is 14.4.